The van der Waals surface area contributed by atoms with Crippen LogP contribution < -0.4 is 21.7 Å². The second-order valence-electron chi connectivity index (χ2n) is 13.9. The summed E-state index contributed by atoms with van der Waals surface area (Å²) in [6.45, 7) is 9.42. The van der Waals surface area contributed by atoms with Crippen molar-refractivity contribution in [2.24, 2.45) is 28.9 Å². The van der Waals surface area contributed by atoms with Crippen LogP contribution in [0.5, 0.6) is 0 Å². The average Bonchev–Trinajstić information content (AvgIpc) is 3.69. The molecular weight excluding hydrogens is 576 g/mol. The van der Waals surface area contributed by atoms with Crippen molar-refractivity contribution in [3.63, 3.8) is 0 Å². The molecule has 1 saturated carbocycles. The highest BCUT2D eigenvalue weighted by molar-refractivity contribution is 6.38. The van der Waals surface area contributed by atoms with Crippen molar-refractivity contribution in [1.82, 2.24) is 25.8 Å². The molecule has 1 saturated heterocycles. The number of hydrogen-bond donors (Lipinski definition) is 4. The third kappa shape index (κ3) is 9.35. The Balaban J connectivity index is 1.70. The Kier molecular flexibility index (Phi) is 11.9. The van der Waals surface area contributed by atoms with Crippen LogP contribution in [0.3, 0.4) is 0 Å². The van der Waals surface area contributed by atoms with Gasteiger partial charge in [0, 0.05) is 20.6 Å². The van der Waals surface area contributed by atoms with Gasteiger partial charge < -0.3 is 31.5 Å². The number of nitrogens with one attached hydrogen (secondary N) is 3. The number of carbonyl (C=O) groups excluding carboxylic acids is 6. The predicted octanol–water partition coefficient (Wildman–Crippen LogP) is 1.15. The van der Waals surface area contributed by atoms with Gasteiger partial charge in [-0.3, -0.25) is 28.8 Å². The van der Waals surface area contributed by atoms with Crippen molar-refractivity contribution in [3.8, 4) is 0 Å². The fraction of sp³-hybridized carbons (Fsp3) is 0.636. The Labute approximate surface area is 266 Å². The van der Waals surface area contributed by atoms with E-state index in [4.69, 9.17) is 5.73 Å². The highest BCUT2D eigenvalue weighted by Gasteiger charge is 2.47. The van der Waals surface area contributed by atoms with Crippen LogP contribution in [0, 0.1) is 23.2 Å². The van der Waals surface area contributed by atoms with E-state index in [-0.39, 0.29) is 36.0 Å². The molecule has 1 aromatic carbocycles. The molecule has 0 aromatic heterocycles. The van der Waals surface area contributed by atoms with Crippen molar-refractivity contribution in [1.29, 1.82) is 0 Å². The Bertz CT molecular complexity index is 1260. The van der Waals surface area contributed by atoms with Crippen LogP contribution in [-0.4, -0.2) is 90.4 Å². The van der Waals surface area contributed by atoms with Crippen molar-refractivity contribution in [2.45, 2.75) is 84.5 Å². The molecule has 0 bridgehead atoms. The maximum absolute atomic E-state index is 13.8. The standard InChI is InChI=1S/C33H50N6O6/c1-19(2)22-15-16-39(32(45)28(34)33(3,4)5)26(22)29(42)36-23(17-20-13-14-20)27(41)30(43)35-18-24(40)37-25(31(44)38(6)7)21-11-9-8-10-12-21/h8-12,19-20,22-23,25-26,28H,13-18,34H2,1-7H3,(H,35,43)(H,36,42)(H,37,40). The van der Waals surface area contributed by atoms with E-state index < -0.39 is 59.6 Å². The topological polar surface area (TPSA) is 171 Å². The van der Waals surface area contributed by atoms with Crippen LogP contribution in [0.15, 0.2) is 30.3 Å². The van der Waals surface area contributed by atoms with E-state index in [1.54, 1.807) is 44.4 Å². The van der Waals surface area contributed by atoms with Crippen LogP contribution in [0.2, 0.25) is 0 Å². The lowest BCUT2D eigenvalue weighted by atomic mass is 9.85. The SMILES string of the molecule is CC(C)C1CCN(C(=O)C(N)C(C)(C)C)C1C(=O)NC(CC1CC1)C(=O)C(=O)NCC(=O)NC(C(=O)N(C)C)c1ccccc1. The molecule has 1 aliphatic heterocycles. The van der Waals surface area contributed by atoms with E-state index in [1.807, 2.05) is 34.6 Å². The number of benzene rings is 1. The second-order valence-corrected chi connectivity index (χ2v) is 13.9. The zero-order chi connectivity index (χ0) is 33.6. The summed E-state index contributed by atoms with van der Waals surface area (Å²) in [5.41, 5.74) is 6.35. The van der Waals surface area contributed by atoms with Gasteiger partial charge in [-0.25, -0.2) is 0 Å². The molecule has 1 aromatic rings. The van der Waals surface area contributed by atoms with E-state index in [1.165, 1.54) is 9.80 Å². The number of carbonyl (C=O) groups is 6. The lowest BCUT2D eigenvalue weighted by molar-refractivity contribution is -0.144. The number of likely N-dealkylation sites (N-methyl/N-ethyl adjacent to an activating group) is 1. The second kappa shape index (κ2) is 15.0. The van der Waals surface area contributed by atoms with Gasteiger partial charge in [-0.2, -0.15) is 0 Å². The lowest BCUT2D eigenvalue weighted by Crippen LogP contribution is -2.58. The first kappa shape index (κ1) is 35.7. The summed E-state index contributed by atoms with van der Waals surface area (Å²) in [6, 6.07) is 4.98. The minimum absolute atomic E-state index is 0.0860. The number of nitrogens with two attached hydrogens (primary N) is 1. The Morgan fingerprint density at radius 1 is 0.978 bits per heavy atom. The number of rotatable bonds is 13. The van der Waals surface area contributed by atoms with Crippen LogP contribution in [0.25, 0.3) is 0 Å². The van der Waals surface area contributed by atoms with Gasteiger partial charge in [0.2, 0.25) is 29.4 Å². The molecule has 5 N–H and O–H groups in total. The summed E-state index contributed by atoms with van der Waals surface area (Å²) in [5, 5.41) is 7.77. The smallest absolute Gasteiger partial charge is 0.290 e. The largest absolute Gasteiger partial charge is 0.347 e. The number of Topliss-reactive ketones (excluding diaryl/α,β-unsaturated/α-hetero) is 1. The van der Waals surface area contributed by atoms with Crippen molar-refractivity contribution < 1.29 is 28.8 Å². The zero-order valence-corrected chi connectivity index (χ0v) is 27.6. The summed E-state index contributed by atoms with van der Waals surface area (Å²) in [6.07, 6.45) is 2.67. The monoisotopic (exact) mass is 626 g/mol. The molecule has 12 nitrogen and oxygen atoms in total. The van der Waals surface area contributed by atoms with Gasteiger partial charge in [-0.05, 0) is 41.6 Å². The first-order chi connectivity index (χ1) is 21.0. The lowest BCUT2D eigenvalue weighted by Gasteiger charge is -2.35. The van der Waals surface area contributed by atoms with E-state index in [2.05, 4.69) is 16.0 Å². The van der Waals surface area contributed by atoms with Gasteiger partial charge in [-0.1, -0.05) is 77.8 Å². The molecule has 3 rings (SSSR count). The Hall–Kier alpha value is -3.80. The Morgan fingerprint density at radius 3 is 2.13 bits per heavy atom. The van der Waals surface area contributed by atoms with Gasteiger partial charge >= 0.3 is 0 Å². The summed E-state index contributed by atoms with van der Waals surface area (Å²) in [4.78, 5) is 82.0. The fourth-order valence-corrected chi connectivity index (χ4v) is 5.63. The quantitative estimate of drug-likeness (QED) is 0.238. The van der Waals surface area contributed by atoms with E-state index in [0.29, 0.717) is 18.5 Å². The molecule has 1 heterocycles. The number of ketones is 1. The molecule has 45 heavy (non-hydrogen) atoms. The first-order valence-corrected chi connectivity index (χ1v) is 15.8. The molecule has 0 spiro atoms. The predicted molar refractivity (Wildman–Crippen MR) is 169 cm³/mol. The summed E-state index contributed by atoms with van der Waals surface area (Å²) >= 11 is 0. The number of nitrogens with zero attached hydrogens (tertiary/aromatic N) is 2. The van der Waals surface area contributed by atoms with Crippen molar-refractivity contribution in [2.75, 3.05) is 27.2 Å². The highest BCUT2D eigenvalue weighted by atomic mass is 16.2. The van der Waals surface area contributed by atoms with Gasteiger partial charge in [-0.15, -0.1) is 0 Å². The third-order valence-electron chi connectivity index (χ3n) is 8.71. The molecule has 2 aliphatic rings. The average molecular weight is 627 g/mol. The van der Waals surface area contributed by atoms with Crippen LogP contribution >= 0.6 is 0 Å². The fourth-order valence-electron chi connectivity index (χ4n) is 5.63. The van der Waals surface area contributed by atoms with Gasteiger partial charge in [0.1, 0.15) is 12.1 Å². The number of likely N-dealkylation sites (tertiary alicyclic amines) is 1. The number of amides is 5. The molecule has 0 radical (unpaired) electrons. The first-order valence-electron chi connectivity index (χ1n) is 15.8. The Morgan fingerprint density at radius 2 is 1.60 bits per heavy atom. The summed E-state index contributed by atoms with van der Waals surface area (Å²) in [7, 11) is 3.14. The summed E-state index contributed by atoms with van der Waals surface area (Å²) < 4.78 is 0. The van der Waals surface area contributed by atoms with Crippen LogP contribution in [0.4, 0.5) is 0 Å². The maximum atomic E-state index is 13.8. The maximum Gasteiger partial charge on any atom is 0.290 e. The molecule has 1 aliphatic carbocycles. The van der Waals surface area contributed by atoms with Crippen molar-refractivity contribution >= 4 is 35.3 Å². The molecule has 5 unspecified atom stereocenters. The minimum Gasteiger partial charge on any atom is -0.347 e. The molecule has 5 atom stereocenters. The third-order valence-corrected chi connectivity index (χ3v) is 8.71. The molecule has 2 fully saturated rings. The van der Waals surface area contributed by atoms with Gasteiger partial charge in [0.05, 0.1) is 18.6 Å². The highest BCUT2D eigenvalue weighted by Crippen LogP contribution is 2.35. The normalized spacial score (nSPS) is 20.2. The minimum atomic E-state index is -1.11. The summed E-state index contributed by atoms with van der Waals surface area (Å²) in [5.74, 6) is -3.56. The molecule has 248 valence electrons. The van der Waals surface area contributed by atoms with Gasteiger partial charge in [0.15, 0.2) is 0 Å². The molecule has 5 amide bonds. The van der Waals surface area contributed by atoms with E-state index in [0.717, 1.165) is 12.8 Å². The van der Waals surface area contributed by atoms with Gasteiger partial charge in [0.25, 0.3) is 5.91 Å². The van der Waals surface area contributed by atoms with E-state index >= 15 is 0 Å². The molecule has 12 heteroatoms. The molecular formula is C33H50N6O6. The zero-order valence-electron chi connectivity index (χ0n) is 27.6. The van der Waals surface area contributed by atoms with Crippen LogP contribution in [0.1, 0.15) is 71.9 Å². The number of hydrogen-bond acceptors (Lipinski definition) is 7. The van der Waals surface area contributed by atoms with Crippen molar-refractivity contribution in [3.05, 3.63) is 35.9 Å². The van der Waals surface area contributed by atoms with Crippen LogP contribution in [-0.2, 0) is 28.8 Å². The van der Waals surface area contributed by atoms with E-state index in [9.17, 15) is 28.8 Å².